The molecule has 17 heavy (non-hydrogen) atoms. The Labute approximate surface area is 107 Å². The summed E-state index contributed by atoms with van der Waals surface area (Å²) in [5.74, 6) is 0.954. The third-order valence-corrected chi connectivity index (χ3v) is 5.11. The van der Waals surface area contributed by atoms with Crippen LogP contribution in [0.5, 0.6) is 0 Å². The highest BCUT2D eigenvalue weighted by atomic mass is 28.3. The van der Waals surface area contributed by atoms with Crippen molar-refractivity contribution in [3.05, 3.63) is 0 Å². The first kappa shape index (κ1) is 16.4. The molecule has 1 atom stereocenters. The van der Waals surface area contributed by atoms with Crippen molar-refractivity contribution in [2.45, 2.75) is 25.4 Å². The van der Waals surface area contributed by atoms with Gasteiger partial charge in [0.25, 0.3) is 0 Å². The predicted molar refractivity (Wildman–Crippen MR) is 74.7 cm³/mol. The Bertz CT molecular complexity index is 233. The van der Waals surface area contributed by atoms with E-state index in [0.29, 0.717) is 5.67 Å². The largest absolute Gasteiger partial charge is 0.399 e. The summed E-state index contributed by atoms with van der Waals surface area (Å²) >= 11 is 0. The quantitative estimate of drug-likeness (QED) is 0.400. The molecule has 1 unspecified atom stereocenters. The van der Waals surface area contributed by atoms with Crippen LogP contribution in [0.2, 0.25) is 0 Å². The van der Waals surface area contributed by atoms with Gasteiger partial charge < -0.3 is 18.7 Å². The van der Waals surface area contributed by atoms with Crippen molar-refractivity contribution in [2.75, 3.05) is 42.4 Å². The molecule has 0 radical (unpaired) electrons. The Balaban J connectivity index is 4.91. The van der Waals surface area contributed by atoms with E-state index in [1.807, 2.05) is 26.0 Å². The Hall–Kier alpha value is -0.593. The fourth-order valence-electron chi connectivity index (χ4n) is 2.04. The van der Waals surface area contributed by atoms with Crippen molar-refractivity contribution in [1.29, 1.82) is 0 Å². The van der Waals surface area contributed by atoms with Gasteiger partial charge in [0.15, 0.2) is 5.96 Å². The number of hydrogen-bond acceptors (Lipinski definition) is 3. The lowest BCUT2D eigenvalue weighted by Gasteiger charge is -2.35. The third-order valence-electron chi connectivity index (χ3n) is 2.78. The Morgan fingerprint density at radius 2 is 1.76 bits per heavy atom. The monoisotopic (exact) mass is 261 g/mol. The highest BCUT2D eigenvalue weighted by Gasteiger charge is 2.30. The summed E-state index contributed by atoms with van der Waals surface area (Å²) < 4.78 is 11.0. The molecule has 0 saturated carbocycles. The number of hydrogen-bond donors (Lipinski definition) is 0. The molecule has 0 N–H and O–H groups in total. The first-order valence-electron chi connectivity index (χ1n) is 5.95. The zero-order chi connectivity index (χ0) is 13.4. The fourth-order valence-corrected chi connectivity index (χ4v) is 3.96. The highest BCUT2D eigenvalue weighted by Crippen LogP contribution is 2.12. The molecule has 0 bridgehead atoms. The standard InChI is InChI=1S/C11H27N3O2Si/c1-8-9-10(17(15-6)16-7)14(5)11(12-2)13(3)4/h10,17H,8-9H2,1-7H3/b12-11+. The molecular weight excluding hydrogens is 234 g/mol. The second-order valence-corrected chi connectivity index (χ2v) is 6.67. The van der Waals surface area contributed by atoms with Crippen LogP contribution in [0.15, 0.2) is 4.99 Å². The molecule has 0 rings (SSSR count). The van der Waals surface area contributed by atoms with Gasteiger partial charge in [-0.3, -0.25) is 4.99 Å². The lowest BCUT2D eigenvalue weighted by atomic mass is 10.3. The van der Waals surface area contributed by atoms with Crippen molar-refractivity contribution < 1.29 is 8.85 Å². The maximum atomic E-state index is 5.51. The first-order valence-corrected chi connectivity index (χ1v) is 7.56. The van der Waals surface area contributed by atoms with Crippen molar-refractivity contribution in [2.24, 2.45) is 4.99 Å². The van der Waals surface area contributed by atoms with Crippen LogP contribution in [0.3, 0.4) is 0 Å². The van der Waals surface area contributed by atoms with Crippen LogP contribution in [0.1, 0.15) is 19.8 Å². The minimum absolute atomic E-state index is 0.302. The summed E-state index contributed by atoms with van der Waals surface area (Å²) in [5.41, 5.74) is 0.302. The molecule has 0 saturated heterocycles. The molecule has 0 heterocycles. The van der Waals surface area contributed by atoms with E-state index in [9.17, 15) is 0 Å². The molecule has 0 aromatic heterocycles. The third kappa shape index (κ3) is 4.65. The highest BCUT2D eigenvalue weighted by molar-refractivity contribution is 6.46. The van der Waals surface area contributed by atoms with Crippen LogP contribution in [0.25, 0.3) is 0 Å². The molecular formula is C11H27N3O2Si. The SMILES string of the molecule is CCCC(N(C)/C(=N/C)N(C)C)[SiH](OC)OC. The van der Waals surface area contributed by atoms with Gasteiger partial charge in [0.05, 0.1) is 5.67 Å². The van der Waals surface area contributed by atoms with E-state index in [2.05, 4.69) is 23.9 Å². The van der Waals surface area contributed by atoms with Crippen LogP contribution in [0.4, 0.5) is 0 Å². The average molecular weight is 261 g/mol. The molecule has 0 fully saturated rings. The predicted octanol–water partition coefficient (Wildman–Crippen LogP) is 0.687. The minimum Gasteiger partial charge on any atom is -0.399 e. The molecule has 0 amide bonds. The zero-order valence-corrected chi connectivity index (χ0v) is 13.4. The van der Waals surface area contributed by atoms with Gasteiger partial charge in [0.2, 0.25) is 0 Å². The second kappa shape index (κ2) is 8.49. The van der Waals surface area contributed by atoms with Gasteiger partial charge >= 0.3 is 9.28 Å². The van der Waals surface area contributed by atoms with Gasteiger partial charge in [-0.05, 0) is 6.42 Å². The summed E-state index contributed by atoms with van der Waals surface area (Å²) in [4.78, 5) is 8.51. The van der Waals surface area contributed by atoms with Crippen LogP contribution in [-0.4, -0.2) is 73.1 Å². The van der Waals surface area contributed by atoms with Gasteiger partial charge in [-0.15, -0.1) is 0 Å². The molecule has 0 spiro atoms. The van der Waals surface area contributed by atoms with Crippen molar-refractivity contribution in [3.8, 4) is 0 Å². The van der Waals surface area contributed by atoms with Crippen LogP contribution >= 0.6 is 0 Å². The van der Waals surface area contributed by atoms with E-state index < -0.39 is 9.28 Å². The summed E-state index contributed by atoms with van der Waals surface area (Å²) in [6.45, 7) is 2.18. The molecule has 102 valence electrons. The smallest absolute Gasteiger partial charge is 0.344 e. The van der Waals surface area contributed by atoms with E-state index in [-0.39, 0.29) is 0 Å². The van der Waals surface area contributed by atoms with E-state index in [1.165, 1.54) is 0 Å². The van der Waals surface area contributed by atoms with Gasteiger partial charge in [-0.2, -0.15) is 0 Å². The van der Waals surface area contributed by atoms with Gasteiger partial charge in [-0.25, -0.2) is 0 Å². The number of aliphatic imine (C=N–C) groups is 1. The maximum absolute atomic E-state index is 5.51. The van der Waals surface area contributed by atoms with Crippen molar-refractivity contribution in [1.82, 2.24) is 9.80 Å². The number of rotatable bonds is 6. The zero-order valence-electron chi connectivity index (χ0n) is 12.2. The van der Waals surface area contributed by atoms with Gasteiger partial charge in [0, 0.05) is 42.4 Å². The molecule has 0 aliphatic rings. The normalized spacial score (nSPS) is 14.0. The van der Waals surface area contributed by atoms with Crippen molar-refractivity contribution in [3.63, 3.8) is 0 Å². The molecule has 0 aliphatic carbocycles. The average Bonchev–Trinajstić information content (AvgIpc) is 2.29. The van der Waals surface area contributed by atoms with E-state index in [1.54, 1.807) is 14.2 Å². The minimum atomic E-state index is -1.68. The topological polar surface area (TPSA) is 37.3 Å². The maximum Gasteiger partial charge on any atom is 0.344 e. The summed E-state index contributed by atoms with van der Waals surface area (Å²) in [7, 11) is 9.65. The Morgan fingerprint density at radius 1 is 1.24 bits per heavy atom. The molecule has 0 aliphatic heterocycles. The lowest BCUT2D eigenvalue weighted by molar-refractivity contribution is 0.227. The fraction of sp³-hybridized carbons (Fsp3) is 0.909. The van der Waals surface area contributed by atoms with Gasteiger partial charge in [0.1, 0.15) is 0 Å². The summed E-state index contributed by atoms with van der Waals surface area (Å²) in [5, 5.41) is 0. The Kier molecular flexibility index (Phi) is 8.19. The van der Waals surface area contributed by atoms with Crippen LogP contribution in [-0.2, 0) is 8.85 Å². The molecule has 6 heteroatoms. The van der Waals surface area contributed by atoms with E-state index in [4.69, 9.17) is 8.85 Å². The molecule has 0 aromatic carbocycles. The first-order chi connectivity index (χ1) is 8.03. The number of nitrogens with zero attached hydrogens (tertiary/aromatic N) is 3. The molecule has 0 aromatic rings. The van der Waals surface area contributed by atoms with Gasteiger partial charge in [-0.1, -0.05) is 13.3 Å². The van der Waals surface area contributed by atoms with Crippen molar-refractivity contribution >= 4 is 15.2 Å². The number of guanidine groups is 1. The second-order valence-electron chi connectivity index (χ2n) is 4.22. The summed E-state index contributed by atoms with van der Waals surface area (Å²) in [6, 6.07) is 0. The summed E-state index contributed by atoms with van der Waals surface area (Å²) in [6.07, 6.45) is 2.16. The molecule has 5 nitrogen and oxygen atoms in total. The lowest BCUT2D eigenvalue weighted by Crippen LogP contribution is -2.52. The van der Waals surface area contributed by atoms with Crippen LogP contribution < -0.4 is 0 Å². The Morgan fingerprint density at radius 3 is 2.06 bits per heavy atom. The van der Waals surface area contributed by atoms with Crippen LogP contribution in [0, 0.1) is 0 Å². The van der Waals surface area contributed by atoms with E-state index in [0.717, 1.165) is 18.8 Å². The van der Waals surface area contributed by atoms with E-state index >= 15 is 0 Å².